The summed E-state index contributed by atoms with van der Waals surface area (Å²) in [6, 6.07) is 5.72. The minimum atomic E-state index is -0.361. The fourth-order valence-electron chi connectivity index (χ4n) is 1.87. The number of rotatable bonds is 6. The maximum absolute atomic E-state index is 11.3. The smallest absolute Gasteiger partial charge is 0.271 e. The van der Waals surface area contributed by atoms with E-state index >= 15 is 0 Å². The summed E-state index contributed by atoms with van der Waals surface area (Å²) in [7, 11) is 3.19. The van der Waals surface area contributed by atoms with Crippen molar-refractivity contribution in [1.29, 1.82) is 0 Å². The zero-order valence-electron chi connectivity index (χ0n) is 11.8. The average Bonchev–Trinajstić information content (AvgIpc) is 2.51. The van der Waals surface area contributed by atoms with Gasteiger partial charge in [-0.2, -0.15) is 0 Å². The molecule has 2 rings (SSSR count). The van der Waals surface area contributed by atoms with Crippen LogP contribution in [-0.2, 0) is 6.42 Å². The topological polar surface area (TPSA) is 76.2 Å². The second kappa shape index (κ2) is 6.99. The Hall–Kier alpha value is -2.21. The van der Waals surface area contributed by atoms with E-state index in [4.69, 9.17) is 21.1 Å². The van der Waals surface area contributed by atoms with Gasteiger partial charge in [0.25, 0.3) is 5.56 Å². The van der Waals surface area contributed by atoms with Crippen LogP contribution in [0.15, 0.2) is 29.3 Å². The van der Waals surface area contributed by atoms with Crippen LogP contribution in [-0.4, -0.2) is 30.7 Å². The van der Waals surface area contributed by atoms with Crippen molar-refractivity contribution < 1.29 is 9.47 Å². The molecule has 0 atom stereocenters. The number of nitrogens with one attached hydrogen (secondary N) is 2. The Morgan fingerprint density at radius 1 is 1.29 bits per heavy atom. The molecular formula is C14H16ClN3O3. The summed E-state index contributed by atoms with van der Waals surface area (Å²) in [5, 5.41) is 3.09. The minimum absolute atomic E-state index is 0.0600. The van der Waals surface area contributed by atoms with Crippen LogP contribution >= 0.6 is 11.6 Å². The van der Waals surface area contributed by atoms with Gasteiger partial charge in [-0.15, -0.1) is 0 Å². The van der Waals surface area contributed by atoms with Crippen LogP contribution in [0.1, 0.15) is 5.56 Å². The molecule has 7 heteroatoms. The molecule has 6 nitrogen and oxygen atoms in total. The zero-order valence-corrected chi connectivity index (χ0v) is 12.5. The number of aromatic nitrogens is 2. The third-order valence-corrected chi connectivity index (χ3v) is 3.30. The molecule has 0 amide bonds. The molecule has 1 heterocycles. The van der Waals surface area contributed by atoms with Crippen LogP contribution in [0.4, 0.5) is 5.82 Å². The molecule has 0 spiro atoms. The van der Waals surface area contributed by atoms with Crippen LogP contribution in [0.25, 0.3) is 0 Å². The number of hydrogen-bond donors (Lipinski definition) is 2. The lowest BCUT2D eigenvalue weighted by Crippen LogP contribution is -2.13. The largest absolute Gasteiger partial charge is 0.493 e. The molecule has 1 aromatic carbocycles. The van der Waals surface area contributed by atoms with Gasteiger partial charge in [-0.25, -0.2) is 4.98 Å². The molecule has 0 fully saturated rings. The molecule has 2 aromatic rings. The number of benzene rings is 1. The summed E-state index contributed by atoms with van der Waals surface area (Å²) < 4.78 is 10.4. The molecule has 0 unspecified atom stereocenters. The van der Waals surface area contributed by atoms with Gasteiger partial charge in [0.15, 0.2) is 17.3 Å². The highest BCUT2D eigenvalue weighted by molar-refractivity contribution is 6.32. The zero-order chi connectivity index (χ0) is 15.2. The van der Waals surface area contributed by atoms with Crippen molar-refractivity contribution in [2.75, 3.05) is 26.1 Å². The van der Waals surface area contributed by atoms with E-state index in [0.717, 1.165) is 12.0 Å². The Balaban J connectivity index is 2.00. The third-order valence-electron chi connectivity index (χ3n) is 2.95. The Labute approximate surface area is 127 Å². The van der Waals surface area contributed by atoms with Gasteiger partial charge in [-0.05, 0) is 24.1 Å². The van der Waals surface area contributed by atoms with Crippen LogP contribution < -0.4 is 20.3 Å². The fraction of sp³-hybridized carbons (Fsp3) is 0.286. The second-order valence-corrected chi connectivity index (χ2v) is 4.64. The lowest BCUT2D eigenvalue weighted by Gasteiger charge is -2.10. The molecule has 0 radical (unpaired) electrons. The van der Waals surface area contributed by atoms with Crippen molar-refractivity contribution in [3.05, 3.63) is 45.5 Å². The highest BCUT2D eigenvalue weighted by Crippen LogP contribution is 2.27. The molecule has 21 heavy (non-hydrogen) atoms. The Morgan fingerprint density at radius 3 is 2.76 bits per heavy atom. The van der Waals surface area contributed by atoms with Gasteiger partial charge in [-0.3, -0.25) is 4.79 Å². The van der Waals surface area contributed by atoms with Gasteiger partial charge in [0.2, 0.25) is 0 Å². The molecule has 1 aromatic heterocycles. The lowest BCUT2D eigenvalue weighted by atomic mass is 10.1. The first kappa shape index (κ1) is 15.2. The Kier molecular flexibility index (Phi) is 5.05. The number of H-pyrrole nitrogens is 1. The molecule has 112 valence electrons. The number of nitrogens with zero attached hydrogens (tertiary/aromatic N) is 1. The molecule has 0 saturated heterocycles. The highest BCUT2D eigenvalue weighted by Gasteiger charge is 2.06. The number of hydrogen-bond acceptors (Lipinski definition) is 5. The first-order valence-electron chi connectivity index (χ1n) is 6.33. The van der Waals surface area contributed by atoms with E-state index in [-0.39, 0.29) is 10.6 Å². The van der Waals surface area contributed by atoms with Crippen molar-refractivity contribution in [2.24, 2.45) is 0 Å². The van der Waals surface area contributed by atoms with E-state index in [9.17, 15) is 4.79 Å². The Bertz CT molecular complexity index is 673. The summed E-state index contributed by atoms with van der Waals surface area (Å²) in [5.41, 5.74) is 0.710. The SMILES string of the molecule is COc1ccc(CCNc2nc[nH]c(=O)c2Cl)cc1OC. The summed E-state index contributed by atoms with van der Waals surface area (Å²) in [6.07, 6.45) is 2.04. The molecular weight excluding hydrogens is 294 g/mol. The van der Waals surface area contributed by atoms with E-state index in [1.54, 1.807) is 14.2 Å². The summed E-state index contributed by atoms with van der Waals surface area (Å²) >= 11 is 5.86. The molecule has 0 bridgehead atoms. The highest BCUT2D eigenvalue weighted by atomic mass is 35.5. The fourth-order valence-corrected chi connectivity index (χ4v) is 2.04. The van der Waals surface area contributed by atoms with Gasteiger partial charge in [0, 0.05) is 6.54 Å². The first-order chi connectivity index (χ1) is 10.2. The predicted molar refractivity (Wildman–Crippen MR) is 81.6 cm³/mol. The van der Waals surface area contributed by atoms with E-state index < -0.39 is 0 Å². The van der Waals surface area contributed by atoms with Crippen LogP contribution in [0.5, 0.6) is 11.5 Å². The second-order valence-electron chi connectivity index (χ2n) is 4.26. The number of aromatic amines is 1. The van der Waals surface area contributed by atoms with E-state index in [0.29, 0.717) is 23.9 Å². The van der Waals surface area contributed by atoms with Crippen molar-refractivity contribution in [1.82, 2.24) is 9.97 Å². The number of halogens is 1. The summed E-state index contributed by atoms with van der Waals surface area (Å²) in [5.74, 6) is 1.75. The van der Waals surface area contributed by atoms with Crippen LogP contribution in [0.2, 0.25) is 5.02 Å². The normalized spacial score (nSPS) is 10.2. The van der Waals surface area contributed by atoms with E-state index in [1.165, 1.54) is 6.33 Å². The van der Waals surface area contributed by atoms with Gasteiger partial charge in [0.1, 0.15) is 5.02 Å². The first-order valence-corrected chi connectivity index (χ1v) is 6.71. The molecule has 0 aliphatic heterocycles. The molecule has 0 aliphatic carbocycles. The van der Waals surface area contributed by atoms with Crippen LogP contribution in [0, 0.1) is 0 Å². The van der Waals surface area contributed by atoms with Gasteiger partial charge < -0.3 is 19.8 Å². The number of anilines is 1. The van der Waals surface area contributed by atoms with Gasteiger partial charge >= 0.3 is 0 Å². The summed E-state index contributed by atoms with van der Waals surface area (Å²) in [4.78, 5) is 17.7. The average molecular weight is 310 g/mol. The third kappa shape index (κ3) is 3.66. The van der Waals surface area contributed by atoms with Crippen LogP contribution in [0.3, 0.4) is 0 Å². The molecule has 0 saturated carbocycles. The van der Waals surface area contributed by atoms with Crippen molar-refractivity contribution >= 4 is 17.4 Å². The minimum Gasteiger partial charge on any atom is -0.493 e. The van der Waals surface area contributed by atoms with Gasteiger partial charge in [0.05, 0.1) is 20.5 Å². The Morgan fingerprint density at radius 2 is 2.05 bits per heavy atom. The standard InChI is InChI=1S/C14H16ClN3O3/c1-20-10-4-3-9(7-11(10)21-2)5-6-16-13-12(15)14(19)18-8-17-13/h3-4,7-8H,5-6H2,1-2H3,(H2,16,17,18,19). The predicted octanol–water partition coefficient (Wildman–Crippen LogP) is 2.10. The quantitative estimate of drug-likeness (QED) is 0.854. The molecule has 2 N–H and O–H groups in total. The van der Waals surface area contributed by atoms with Crippen molar-refractivity contribution in [3.8, 4) is 11.5 Å². The van der Waals surface area contributed by atoms with E-state index in [2.05, 4.69) is 15.3 Å². The lowest BCUT2D eigenvalue weighted by molar-refractivity contribution is 0.354. The number of ether oxygens (including phenoxy) is 2. The summed E-state index contributed by atoms with van der Waals surface area (Å²) in [6.45, 7) is 0.589. The maximum Gasteiger partial charge on any atom is 0.271 e. The van der Waals surface area contributed by atoms with Gasteiger partial charge in [-0.1, -0.05) is 17.7 Å². The number of methoxy groups -OCH3 is 2. The van der Waals surface area contributed by atoms with Crippen molar-refractivity contribution in [3.63, 3.8) is 0 Å². The van der Waals surface area contributed by atoms with E-state index in [1.807, 2.05) is 18.2 Å². The van der Waals surface area contributed by atoms with Crippen molar-refractivity contribution in [2.45, 2.75) is 6.42 Å². The monoisotopic (exact) mass is 309 g/mol. The maximum atomic E-state index is 11.3. The molecule has 0 aliphatic rings.